The summed E-state index contributed by atoms with van der Waals surface area (Å²) in [7, 11) is 0. The lowest BCUT2D eigenvalue weighted by Gasteiger charge is -2.04. The van der Waals surface area contributed by atoms with Crippen LogP contribution in [0, 0.1) is 11.3 Å². The van der Waals surface area contributed by atoms with Gasteiger partial charge in [0.05, 0.1) is 11.3 Å². The van der Waals surface area contributed by atoms with Crippen LogP contribution in [0.3, 0.4) is 0 Å². The maximum absolute atomic E-state index is 8.75. The van der Waals surface area contributed by atoms with Gasteiger partial charge in [0.1, 0.15) is 0 Å². The van der Waals surface area contributed by atoms with Crippen LogP contribution in [0.4, 0.5) is 0 Å². The number of thioether (sulfide) groups is 1. The van der Waals surface area contributed by atoms with Crippen LogP contribution in [0.25, 0.3) is 0 Å². The second kappa shape index (κ2) is 5.16. The minimum atomic E-state index is 0.0428. The standard InChI is InChI=1S/C10H10ClNS/c1-2-9(7-12)13-10-5-3-8(11)4-6-10/h3-6,9H,2H2,1H3. The van der Waals surface area contributed by atoms with Crippen LogP contribution in [0.5, 0.6) is 0 Å². The molecule has 68 valence electrons. The van der Waals surface area contributed by atoms with E-state index in [1.165, 1.54) is 0 Å². The highest BCUT2D eigenvalue weighted by molar-refractivity contribution is 8.00. The van der Waals surface area contributed by atoms with Crippen molar-refractivity contribution in [3.63, 3.8) is 0 Å². The minimum Gasteiger partial charge on any atom is -0.197 e. The van der Waals surface area contributed by atoms with Crippen molar-refractivity contribution in [2.45, 2.75) is 23.5 Å². The molecular formula is C10H10ClNS. The van der Waals surface area contributed by atoms with E-state index in [-0.39, 0.29) is 5.25 Å². The molecule has 3 heteroatoms. The van der Waals surface area contributed by atoms with Crippen molar-refractivity contribution in [1.29, 1.82) is 5.26 Å². The summed E-state index contributed by atoms with van der Waals surface area (Å²) in [5.74, 6) is 0. The number of hydrogen-bond acceptors (Lipinski definition) is 2. The SMILES string of the molecule is CCC(C#N)Sc1ccc(Cl)cc1. The molecule has 1 aromatic carbocycles. The summed E-state index contributed by atoms with van der Waals surface area (Å²) in [5, 5.41) is 9.52. The van der Waals surface area contributed by atoms with Gasteiger partial charge in [-0.1, -0.05) is 18.5 Å². The number of benzene rings is 1. The minimum absolute atomic E-state index is 0.0428. The normalized spacial score (nSPS) is 12.1. The van der Waals surface area contributed by atoms with Crippen LogP contribution in [0.1, 0.15) is 13.3 Å². The van der Waals surface area contributed by atoms with Crippen molar-refractivity contribution in [2.24, 2.45) is 0 Å². The molecule has 0 amide bonds. The molecule has 0 saturated heterocycles. The summed E-state index contributed by atoms with van der Waals surface area (Å²) in [6.45, 7) is 2.01. The van der Waals surface area contributed by atoms with Crippen molar-refractivity contribution in [3.05, 3.63) is 29.3 Å². The highest BCUT2D eigenvalue weighted by Crippen LogP contribution is 2.25. The highest BCUT2D eigenvalue weighted by atomic mass is 35.5. The van der Waals surface area contributed by atoms with Gasteiger partial charge in [0, 0.05) is 9.92 Å². The van der Waals surface area contributed by atoms with Crippen LogP contribution >= 0.6 is 23.4 Å². The van der Waals surface area contributed by atoms with E-state index in [9.17, 15) is 0 Å². The summed E-state index contributed by atoms with van der Waals surface area (Å²) in [4.78, 5) is 1.10. The number of nitrogens with zero attached hydrogens (tertiary/aromatic N) is 1. The van der Waals surface area contributed by atoms with E-state index >= 15 is 0 Å². The fourth-order valence-electron chi connectivity index (χ4n) is 0.878. The Morgan fingerprint density at radius 3 is 2.54 bits per heavy atom. The molecule has 1 rings (SSSR count). The first kappa shape index (κ1) is 10.4. The smallest absolute Gasteiger partial charge is 0.0961 e. The zero-order chi connectivity index (χ0) is 9.68. The molecule has 1 nitrogen and oxygen atoms in total. The van der Waals surface area contributed by atoms with Crippen LogP contribution in [0.15, 0.2) is 29.2 Å². The van der Waals surface area contributed by atoms with Crippen molar-refractivity contribution in [1.82, 2.24) is 0 Å². The number of hydrogen-bond donors (Lipinski definition) is 0. The van der Waals surface area contributed by atoms with Crippen molar-refractivity contribution in [2.75, 3.05) is 0 Å². The number of nitriles is 1. The Labute approximate surface area is 87.7 Å². The van der Waals surface area contributed by atoms with E-state index in [2.05, 4.69) is 6.07 Å². The lowest BCUT2D eigenvalue weighted by molar-refractivity contribution is 0.985. The first-order valence-electron chi connectivity index (χ1n) is 4.08. The Kier molecular flexibility index (Phi) is 4.14. The second-order valence-corrected chi connectivity index (χ2v) is 4.31. The van der Waals surface area contributed by atoms with Gasteiger partial charge in [-0.3, -0.25) is 0 Å². The Morgan fingerprint density at radius 1 is 1.46 bits per heavy atom. The van der Waals surface area contributed by atoms with Crippen LogP contribution in [0.2, 0.25) is 5.02 Å². The summed E-state index contributed by atoms with van der Waals surface area (Å²) in [6.07, 6.45) is 0.865. The Morgan fingerprint density at radius 2 is 2.08 bits per heavy atom. The first-order valence-corrected chi connectivity index (χ1v) is 5.34. The molecule has 0 aliphatic rings. The Hall–Kier alpha value is -0.650. The molecule has 1 atom stereocenters. The highest BCUT2D eigenvalue weighted by Gasteiger charge is 2.05. The van der Waals surface area contributed by atoms with E-state index < -0.39 is 0 Å². The molecule has 0 spiro atoms. The molecule has 0 fully saturated rings. The van der Waals surface area contributed by atoms with Gasteiger partial charge in [0.15, 0.2) is 0 Å². The van der Waals surface area contributed by atoms with Crippen LogP contribution in [-0.2, 0) is 0 Å². The van der Waals surface area contributed by atoms with Crippen LogP contribution < -0.4 is 0 Å². The number of rotatable bonds is 3. The molecule has 0 aliphatic carbocycles. The number of halogens is 1. The second-order valence-electron chi connectivity index (χ2n) is 2.60. The maximum Gasteiger partial charge on any atom is 0.0961 e. The molecule has 1 aromatic rings. The third-order valence-corrected chi connectivity index (χ3v) is 3.13. The molecule has 0 saturated carbocycles. The summed E-state index contributed by atoms with van der Waals surface area (Å²) < 4.78 is 0. The maximum atomic E-state index is 8.75. The van der Waals surface area contributed by atoms with Gasteiger partial charge in [-0.15, -0.1) is 11.8 Å². The zero-order valence-corrected chi connectivity index (χ0v) is 8.90. The molecular weight excluding hydrogens is 202 g/mol. The van der Waals surface area contributed by atoms with Crippen molar-refractivity contribution >= 4 is 23.4 Å². The first-order chi connectivity index (χ1) is 6.26. The summed E-state index contributed by atoms with van der Waals surface area (Å²) >= 11 is 7.32. The molecule has 0 aromatic heterocycles. The van der Waals surface area contributed by atoms with Gasteiger partial charge in [-0.05, 0) is 30.7 Å². The predicted molar refractivity (Wildman–Crippen MR) is 57.0 cm³/mol. The zero-order valence-electron chi connectivity index (χ0n) is 7.33. The van der Waals surface area contributed by atoms with Crippen LogP contribution in [-0.4, -0.2) is 5.25 Å². The molecule has 0 bridgehead atoms. The fraction of sp³-hybridized carbons (Fsp3) is 0.300. The molecule has 13 heavy (non-hydrogen) atoms. The average Bonchev–Trinajstić information content (AvgIpc) is 2.17. The fourth-order valence-corrected chi connectivity index (χ4v) is 1.85. The van der Waals surface area contributed by atoms with Gasteiger partial charge in [0.2, 0.25) is 0 Å². The largest absolute Gasteiger partial charge is 0.197 e. The van der Waals surface area contributed by atoms with E-state index in [1.54, 1.807) is 11.8 Å². The van der Waals surface area contributed by atoms with E-state index in [0.29, 0.717) is 0 Å². The van der Waals surface area contributed by atoms with E-state index in [4.69, 9.17) is 16.9 Å². The lowest BCUT2D eigenvalue weighted by Crippen LogP contribution is -1.94. The molecule has 1 unspecified atom stereocenters. The monoisotopic (exact) mass is 211 g/mol. The third-order valence-electron chi connectivity index (χ3n) is 1.61. The van der Waals surface area contributed by atoms with Gasteiger partial charge >= 0.3 is 0 Å². The summed E-state index contributed by atoms with van der Waals surface area (Å²) in [5.41, 5.74) is 0. The molecule has 0 N–H and O–H groups in total. The Bertz CT molecular complexity index is 302. The molecule has 0 heterocycles. The lowest BCUT2D eigenvalue weighted by atomic mass is 10.4. The van der Waals surface area contributed by atoms with E-state index in [1.807, 2.05) is 31.2 Å². The topological polar surface area (TPSA) is 23.8 Å². The van der Waals surface area contributed by atoms with E-state index in [0.717, 1.165) is 16.3 Å². The van der Waals surface area contributed by atoms with Gasteiger partial charge in [0.25, 0.3) is 0 Å². The average molecular weight is 212 g/mol. The van der Waals surface area contributed by atoms with Gasteiger partial charge < -0.3 is 0 Å². The van der Waals surface area contributed by atoms with Crippen molar-refractivity contribution < 1.29 is 0 Å². The van der Waals surface area contributed by atoms with Gasteiger partial charge in [-0.2, -0.15) is 5.26 Å². The molecule has 0 radical (unpaired) electrons. The molecule has 0 aliphatic heterocycles. The van der Waals surface area contributed by atoms with Gasteiger partial charge in [-0.25, -0.2) is 0 Å². The third kappa shape index (κ3) is 3.30. The predicted octanol–water partition coefficient (Wildman–Crippen LogP) is 3.73. The summed E-state index contributed by atoms with van der Waals surface area (Å²) in [6, 6.07) is 9.80. The van der Waals surface area contributed by atoms with Crippen molar-refractivity contribution in [3.8, 4) is 6.07 Å². The quantitative estimate of drug-likeness (QED) is 0.712. The Balaban J connectivity index is 2.64.